The van der Waals surface area contributed by atoms with Gasteiger partial charge in [0.2, 0.25) is 0 Å². The number of fused-ring (bicyclic) bond motifs is 1. The fourth-order valence-corrected chi connectivity index (χ4v) is 4.01. The largest absolute Gasteiger partial charge is 0.381 e. The molecule has 2 aromatic heterocycles. The van der Waals surface area contributed by atoms with E-state index in [4.69, 9.17) is 0 Å². The van der Waals surface area contributed by atoms with Crippen LogP contribution in [-0.2, 0) is 25.2 Å². The second-order valence-electron chi connectivity index (χ2n) is 6.84. The summed E-state index contributed by atoms with van der Waals surface area (Å²) in [7, 11) is 0. The highest BCUT2D eigenvalue weighted by molar-refractivity contribution is 9.10. The van der Waals surface area contributed by atoms with Gasteiger partial charge in [-0.05, 0) is 28.9 Å². The molecule has 2 atom stereocenters. The number of hydrogen-bond acceptors (Lipinski definition) is 6. The van der Waals surface area contributed by atoms with Gasteiger partial charge in [-0.3, -0.25) is 4.90 Å². The monoisotopic (exact) mass is 453 g/mol. The van der Waals surface area contributed by atoms with Gasteiger partial charge in [0, 0.05) is 30.8 Å². The Labute approximate surface area is 167 Å². The maximum Gasteiger partial charge on any atom is 0.152 e. The Bertz CT molecular complexity index is 980. The van der Waals surface area contributed by atoms with Crippen molar-refractivity contribution in [3.8, 4) is 0 Å². The second kappa shape index (κ2) is 7.30. The lowest BCUT2D eigenvalue weighted by Crippen LogP contribution is -2.53. The Balaban J connectivity index is 1.71. The highest BCUT2D eigenvalue weighted by Gasteiger charge is 2.43. The minimum absolute atomic E-state index is 0.00757. The standard InChI is InChI=1S/C17H18BrF2N7O/c1-11(25-4-5-27-15(7-25)16(18)23-24-27)17(28,8-26-10-21-9-22-26)13-3-2-12(19)6-14(13)20/h2-3,6,9-11,28H,4-5,7-8H2,1H3/t11-,17-/m1/s1. The van der Waals surface area contributed by atoms with Crippen LogP contribution in [0.1, 0.15) is 18.2 Å². The minimum atomic E-state index is -1.67. The summed E-state index contributed by atoms with van der Waals surface area (Å²) in [5.41, 5.74) is -0.790. The summed E-state index contributed by atoms with van der Waals surface area (Å²) in [6.45, 7) is 3.42. The molecule has 0 unspecified atom stereocenters. The Hall–Kier alpha value is -2.24. The summed E-state index contributed by atoms with van der Waals surface area (Å²) in [6.07, 6.45) is 2.79. The van der Waals surface area contributed by atoms with Crippen LogP contribution in [0.2, 0.25) is 0 Å². The molecular formula is C17H18BrF2N7O. The maximum absolute atomic E-state index is 14.7. The Morgan fingerprint density at radius 2 is 2.14 bits per heavy atom. The first-order valence-electron chi connectivity index (χ1n) is 8.70. The van der Waals surface area contributed by atoms with Crippen molar-refractivity contribution in [2.24, 2.45) is 0 Å². The van der Waals surface area contributed by atoms with Gasteiger partial charge in [-0.1, -0.05) is 11.3 Å². The van der Waals surface area contributed by atoms with E-state index in [-0.39, 0.29) is 12.1 Å². The van der Waals surface area contributed by atoms with E-state index in [2.05, 4.69) is 36.3 Å². The highest BCUT2D eigenvalue weighted by atomic mass is 79.9. The van der Waals surface area contributed by atoms with E-state index in [1.165, 1.54) is 23.4 Å². The first-order valence-corrected chi connectivity index (χ1v) is 9.50. The van der Waals surface area contributed by atoms with Gasteiger partial charge in [0.15, 0.2) is 4.60 Å². The van der Waals surface area contributed by atoms with E-state index < -0.39 is 23.3 Å². The van der Waals surface area contributed by atoms with Crippen molar-refractivity contribution in [3.05, 3.63) is 58.3 Å². The van der Waals surface area contributed by atoms with Crippen molar-refractivity contribution >= 4 is 15.9 Å². The number of halogens is 3. The van der Waals surface area contributed by atoms with Crippen LogP contribution in [0.3, 0.4) is 0 Å². The zero-order valence-corrected chi connectivity index (χ0v) is 16.6. The molecule has 0 spiro atoms. The van der Waals surface area contributed by atoms with Crippen molar-refractivity contribution in [1.82, 2.24) is 34.7 Å². The number of benzene rings is 1. The Kier molecular flexibility index (Phi) is 4.98. The van der Waals surface area contributed by atoms with Gasteiger partial charge in [-0.2, -0.15) is 5.10 Å². The molecule has 3 heterocycles. The molecule has 0 amide bonds. The average Bonchev–Trinajstić information content (AvgIpc) is 3.30. The lowest BCUT2D eigenvalue weighted by atomic mass is 9.85. The van der Waals surface area contributed by atoms with E-state index in [1.807, 2.05) is 11.8 Å². The smallest absolute Gasteiger partial charge is 0.152 e. The van der Waals surface area contributed by atoms with Gasteiger partial charge >= 0.3 is 0 Å². The van der Waals surface area contributed by atoms with Gasteiger partial charge in [0.25, 0.3) is 0 Å². The normalized spacial score (nSPS) is 17.9. The highest BCUT2D eigenvalue weighted by Crippen LogP contribution is 2.34. The molecule has 0 fully saturated rings. The molecule has 1 aliphatic rings. The van der Waals surface area contributed by atoms with Crippen molar-refractivity contribution in [2.45, 2.75) is 38.2 Å². The zero-order valence-electron chi connectivity index (χ0n) is 15.0. The fraction of sp³-hybridized carbons (Fsp3) is 0.412. The summed E-state index contributed by atoms with van der Waals surface area (Å²) < 4.78 is 32.0. The lowest BCUT2D eigenvalue weighted by Gasteiger charge is -2.42. The van der Waals surface area contributed by atoms with Crippen molar-refractivity contribution in [3.63, 3.8) is 0 Å². The summed E-state index contributed by atoms with van der Waals surface area (Å²) in [5.74, 6) is -1.51. The predicted octanol–water partition coefficient (Wildman–Crippen LogP) is 1.70. The third-order valence-corrected chi connectivity index (χ3v) is 5.86. The molecule has 0 aliphatic carbocycles. The first-order chi connectivity index (χ1) is 13.4. The van der Waals surface area contributed by atoms with Crippen LogP contribution in [0.5, 0.6) is 0 Å². The molecule has 148 valence electrons. The van der Waals surface area contributed by atoms with Crippen LogP contribution in [0.4, 0.5) is 8.78 Å². The SMILES string of the molecule is C[C@@H](N1CCn2nnc(Br)c2C1)[C@](O)(Cn1cncn1)c1ccc(F)cc1F. The van der Waals surface area contributed by atoms with Crippen LogP contribution in [0.25, 0.3) is 0 Å². The first kappa shape index (κ1) is 19.1. The van der Waals surface area contributed by atoms with E-state index in [9.17, 15) is 13.9 Å². The van der Waals surface area contributed by atoms with E-state index in [0.717, 1.165) is 17.8 Å². The second-order valence-corrected chi connectivity index (χ2v) is 7.59. The number of nitrogens with zero attached hydrogens (tertiary/aromatic N) is 7. The van der Waals surface area contributed by atoms with Gasteiger partial charge in [-0.15, -0.1) is 5.10 Å². The predicted molar refractivity (Wildman–Crippen MR) is 97.9 cm³/mol. The Morgan fingerprint density at radius 1 is 1.32 bits per heavy atom. The number of hydrogen-bond donors (Lipinski definition) is 1. The zero-order chi connectivity index (χ0) is 19.9. The fourth-order valence-electron chi connectivity index (χ4n) is 3.61. The van der Waals surface area contributed by atoms with Gasteiger partial charge in [0.05, 0.1) is 18.8 Å². The molecule has 11 heteroatoms. The number of aromatic nitrogens is 6. The lowest BCUT2D eigenvalue weighted by molar-refractivity contribution is -0.0711. The molecule has 1 N–H and O–H groups in total. The third kappa shape index (κ3) is 3.33. The molecule has 28 heavy (non-hydrogen) atoms. The van der Waals surface area contributed by atoms with Crippen LogP contribution in [0.15, 0.2) is 35.5 Å². The molecule has 0 radical (unpaired) electrons. The third-order valence-electron chi connectivity index (χ3n) is 5.25. The molecule has 4 rings (SSSR count). The summed E-state index contributed by atoms with van der Waals surface area (Å²) in [5, 5.41) is 23.8. The van der Waals surface area contributed by atoms with Gasteiger partial charge in [0.1, 0.15) is 29.9 Å². The molecular weight excluding hydrogens is 436 g/mol. The molecule has 1 aromatic carbocycles. The van der Waals surface area contributed by atoms with Crippen LogP contribution in [-0.4, -0.2) is 52.4 Å². The topological polar surface area (TPSA) is 84.9 Å². The summed E-state index contributed by atoms with van der Waals surface area (Å²) in [4.78, 5) is 5.91. The van der Waals surface area contributed by atoms with Crippen molar-refractivity contribution in [1.29, 1.82) is 0 Å². The van der Waals surface area contributed by atoms with Crippen molar-refractivity contribution in [2.75, 3.05) is 6.54 Å². The summed E-state index contributed by atoms with van der Waals surface area (Å²) in [6, 6.07) is 2.68. The quantitative estimate of drug-likeness (QED) is 0.632. The molecule has 0 bridgehead atoms. The minimum Gasteiger partial charge on any atom is -0.381 e. The van der Waals surface area contributed by atoms with E-state index in [0.29, 0.717) is 24.2 Å². The molecule has 1 aliphatic heterocycles. The van der Waals surface area contributed by atoms with Gasteiger partial charge in [-0.25, -0.2) is 23.1 Å². The Morgan fingerprint density at radius 3 is 2.86 bits per heavy atom. The number of rotatable bonds is 5. The summed E-state index contributed by atoms with van der Waals surface area (Å²) >= 11 is 3.38. The van der Waals surface area contributed by atoms with Crippen LogP contribution in [0, 0.1) is 11.6 Å². The molecule has 8 nitrogen and oxygen atoms in total. The van der Waals surface area contributed by atoms with Gasteiger partial charge < -0.3 is 5.11 Å². The van der Waals surface area contributed by atoms with E-state index >= 15 is 0 Å². The molecule has 3 aromatic rings. The number of aliphatic hydroxyl groups is 1. The average molecular weight is 454 g/mol. The van der Waals surface area contributed by atoms with Crippen molar-refractivity contribution < 1.29 is 13.9 Å². The molecule has 0 saturated carbocycles. The van der Waals surface area contributed by atoms with E-state index in [1.54, 1.807) is 4.68 Å². The molecule has 0 saturated heterocycles. The maximum atomic E-state index is 14.7. The van der Waals surface area contributed by atoms with Crippen LogP contribution >= 0.6 is 15.9 Å². The van der Waals surface area contributed by atoms with Crippen LogP contribution < -0.4 is 0 Å².